The highest BCUT2D eigenvalue weighted by molar-refractivity contribution is 5.34. The number of hydrogen-bond acceptors (Lipinski definition) is 2. The lowest BCUT2D eigenvalue weighted by atomic mass is 9.82. The molecule has 0 heterocycles. The SMILES string of the molecule is CC(C)(C)c1ccccc1[C@H](N)CO. The van der Waals surface area contributed by atoms with Crippen LogP contribution in [0.5, 0.6) is 0 Å². The number of benzene rings is 1. The van der Waals surface area contributed by atoms with E-state index in [-0.39, 0.29) is 18.1 Å². The molecule has 0 bridgehead atoms. The zero-order chi connectivity index (χ0) is 10.8. The van der Waals surface area contributed by atoms with Gasteiger partial charge in [-0.05, 0) is 16.5 Å². The smallest absolute Gasteiger partial charge is 0.0624 e. The van der Waals surface area contributed by atoms with E-state index in [1.807, 2.05) is 18.2 Å². The second-order valence-electron chi connectivity index (χ2n) is 4.63. The van der Waals surface area contributed by atoms with Gasteiger partial charge in [-0.3, -0.25) is 0 Å². The second-order valence-corrected chi connectivity index (χ2v) is 4.63. The molecule has 2 nitrogen and oxygen atoms in total. The van der Waals surface area contributed by atoms with Crippen LogP contribution in [0.3, 0.4) is 0 Å². The van der Waals surface area contributed by atoms with Crippen molar-refractivity contribution < 1.29 is 5.11 Å². The molecule has 0 aliphatic carbocycles. The molecule has 0 aliphatic heterocycles. The Labute approximate surface area is 85.8 Å². The molecule has 1 atom stereocenters. The van der Waals surface area contributed by atoms with Crippen LogP contribution >= 0.6 is 0 Å². The number of nitrogens with two attached hydrogens (primary N) is 1. The Bertz CT molecular complexity index is 301. The Morgan fingerprint density at radius 2 is 1.86 bits per heavy atom. The van der Waals surface area contributed by atoms with Crippen molar-refractivity contribution in [2.75, 3.05) is 6.61 Å². The van der Waals surface area contributed by atoms with E-state index in [9.17, 15) is 0 Å². The summed E-state index contributed by atoms with van der Waals surface area (Å²) < 4.78 is 0. The van der Waals surface area contributed by atoms with Gasteiger partial charge in [-0.25, -0.2) is 0 Å². The van der Waals surface area contributed by atoms with Crippen LogP contribution in [0.4, 0.5) is 0 Å². The standard InChI is InChI=1S/C12H19NO/c1-12(2,3)10-7-5-4-6-9(10)11(13)8-14/h4-7,11,14H,8,13H2,1-3H3/t11-/m1/s1. The average molecular weight is 193 g/mol. The summed E-state index contributed by atoms with van der Waals surface area (Å²) in [6.07, 6.45) is 0. The van der Waals surface area contributed by atoms with Crippen LogP contribution in [0.1, 0.15) is 37.9 Å². The number of aliphatic hydroxyl groups is 1. The molecule has 0 fully saturated rings. The lowest BCUT2D eigenvalue weighted by Crippen LogP contribution is -2.21. The Morgan fingerprint density at radius 1 is 1.29 bits per heavy atom. The van der Waals surface area contributed by atoms with Gasteiger partial charge in [0.15, 0.2) is 0 Å². The fraction of sp³-hybridized carbons (Fsp3) is 0.500. The predicted octanol–water partition coefficient (Wildman–Crippen LogP) is 1.98. The van der Waals surface area contributed by atoms with E-state index in [4.69, 9.17) is 10.8 Å². The summed E-state index contributed by atoms with van der Waals surface area (Å²) in [6, 6.07) is 7.76. The number of hydrogen-bond donors (Lipinski definition) is 2. The minimum absolute atomic E-state index is 0.00685. The summed E-state index contributed by atoms with van der Waals surface area (Å²) in [5.41, 5.74) is 8.17. The van der Waals surface area contributed by atoms with Gasteiger partial charge in [-0.2, -0.15) is 0 Å². The summed E-state index contributed by atoms with van der Waals surface area (Å²) in [7, 11) is 0. The van der Waals surface area contributed by atoms with Gasteiger partial charge in [-0.15, -0.1) is 0 Å². The first-order valence-electron chi connectivity index (χ1n) is 4.92. The maximum Gasteiger partial charge on any atom is 0.0624 e. The molecule has 0 unspecified atom stereocenters. The molecule has 1 aromatic carbocycles. The number of aliphatic hydroxyl groups excluding tert-OH is 1. The first-order valence-corrected chi connectivity index (χ1v) is 4.92. The monoisotopic (exact) mass is 193 g/mol. The molecular formula is C12H19NO. The van der Waals surface area contributed by atoms with E-state index in [2.05, 4.69) is 26.8 Å². The van der Waals surface area contributed by atoms with Crippen molar-refractivity contribution in [3.8, 4) is 0 Å². The third-order valence-corrected chi connectivity index (χ3v) is 2.36. The predicted molar refractivity (Wildman–Crippen MR) is 59.2 cm³/mol. The van der Waals surface area contributed by atoms with Crippen LogP contribution in [-0.4, -0.2) is 11.7 Å². The zero-order valence-electron chi connectivity index (χ0n) is 9.12. The van der Waals surface area contributed by atoms with Crippen LogP contribution in [0, 0.1) is 0 Å². The molecule has 14 heavy (non-hydrogen) atoms. The maximum atomic E-state index is 9.05. The van der Waals surface area contributed by atoms with E-state index in [0.29, 0.717) is 0 Å². The maximum absolute atomic E-state index is 9.05. The van der Waals surface area contributed by atoms with Crippen LogP contribution < -0.4 is 5.73 Å². The Balaban J connectivity index is 3.16. The van der Waals surface area contributed by atoms with Gasteiger partial charge >= 0.3 is 0 Å². The molecule has 0 amide bonds. The summed E-state index contributed by atoms with van der Waals surface area (Å²) in [5.74, 6) is 0. The molecule has 2 heteroatoms. The highest BCUT2D eigenvalue weighted by Gasteiger charge is 2.19. The quantitative estimate of drug-likeness (QED) is 0.754. The third-order valence-electron chi connectivity index (χ3n) is 2.36. The first kappa shape index (κ1) is 11.2. The van der Waals surface area contributed by atoms with Crippen LogP contribution in [0.15, 0.2) is 24.3 Å². The topological polar surface area (TPSA) is 46.2 Å². The van der Waals surface area contributed by atoms with E-state index < -0.39 is 0 Å². The molecule has 1 rings (SSSR count). The van der Waals surface area contributed by atoms with Crippen molar-refractivity contribution in [3.05, 3.63) is 35.4 Å². The average Bonchev–Trinajstić information content (AvgIpc) is 2.15. The van der Waals surface area contributed by atoms with Gasteiger partial charge < -0.3 is 10.8 Å². The lowest BCUT2D eigenvalue weighted by Gasteiger charge is -2.25. The highest BCUT2D eigenvalue weighted by atomic mass is 16.3. The normalized spacial score (nSPS) is 14.1. The zero-order valence-corrected chi connectivity index (χ0v) is 9.12. The van der Waals surface area contributed by atoms with Crippen molar-refractivity contribution >= 4 is 0 Å². The van der Waals surface area contributed by atoms with Gasteiger partial charge in [-0.1, -0.05) is 45.0 Å². The molecule has 0 saturated heterocycles. The van der Waals surface area contributed by atoms with Crippen molar-refractivity contribution in [2.45, 2.75) is 32.2 Å². The van der Waals surface area contributed by atoms with Crippen molar-refractivity contribution in [3.63, 3.8) is 0 Å². The van der Waals surface area contributed by atoms with Crippen molar-refractivity contribution in [1.82, 2.24) is 0 Å². The summed E-state index contributed by atoms with van der Waals surface area (Å²) >= 11 is 0. The van der Waals surface area contributed by atoms with Gasteiger partial charge in [0.25, 0.3) is 0 Å². The van der Waals surface area contributed by atoms with Gasteiger partial charge in [0.1, 0.15) is 0 Å². The molecule has 78 valence electrons. The largest absolute Gasteiger partial charge is 0.394 e. The minimum atomic E-state index is -0.273. The second kappa shape index (κ2) is 4.11. The highest BCUT2D eigenvalue weighted by Crippen LogP contribution is 2.28. The molecule has 0 saturated carbocycles. The molecule has 0 spiro atoms. The molecule has 0 radical (unpaired) electrons. The van der Waals surface area contributed by atoms with Gasteiger partial charge in [0, 0.05) is 0 Å². The van der Waals surface area contributed by atoms with E-state index in [1.54, 1.807) is 0 Å². The van der Waals surface area contributed by atoms with Crippen LogP contribution in [0.25, 0.3) is 0 Å². The summed E-state index contributed by atoms with van der Waals surface area (Å²) in [5, 5.41) is 9.05. The van der Waals surface area contributed by atoms with Crippen molar-refractivity contribution in [2.24, 2.45) is 5.73 Å². The van der Waals surface area contributed by atoms with Crippen LogP contribution in [-0.2, 0) is 5.41 Å². The molecule has 0 aromatic heterocycles. The fourth-order valence-corrected chi connectivity index (χ4v) is 1.60. The summed E-state index contributed by atoms with van der Waals surface area (Å²) in [6.45, 7) is 6.44. The molecule has 3 N–H and O–H groups in total. The van der Waals surface area contributed by atoms with Crippen LogP contribution in [0.2, 0.25) is 0 Å². The molecule has 0 aliphatic rings. The fourth-order valence-electron chi connectivity index (χ4n) is 1.60. The van der Waals surface area contributed by atoms with E-state index in [1.165, 1.54) is 5.56 Å². The third kappa shape index (κ3) is 2.34. The lowest BCUT2D eigenvalue weighted by molar-refractivity contribution is 0.266. The first-order chi connectivity index (χ1) is 6.46. The summed E-state index contributed by atoms with van der Waals surface area (Å²) in [4.78, 5) is 0. The van der Waals surface area contributed by atoms with Gasteiger partial charge in [0.05, 0.1) is 12.6 Å². The van der Waals surface area contributed by atoms with E-state index in [0.717, 1.165) is 5.56 Å². The molecule has 1 aromatic rings. The van der Waals surface area contributed by atoms with E-state index >= 15 is 0 Å². The number of rotatable bonds is 2. The Kier molecular flexibility index (Phi) is 3.29. The Morgan fingerprint density at radius 3 is 2.36 bits per heavy atom. The van der Waals surface area contributed by atoms with Gasteiger partial charge in [0.2, 0.25) is 0 Å². The van der Waals surface area contributed by atoms with Crippen molar-refractivity contribution in [1.29, 1.82) is 0 Å². The molecular weight excluding hydrogens is 174 g/mol. The minimum Gasteiger partial charge on any atom is -0.394 e. The Hall–Kier alpha value is -0.860.